The number of nitrogen functional groups attached to an aromatic ring is 1. The molecule has 0 bridgehead atoms. The topological polar surface area (TPSA) is 78.8 Å². The van der Waals surface area contributed by atoms with Crippen LogP contribution in [0.1, 0.15) is 26.7 Å². The van der Waals surface area contributed by atoms with Crippen molar-refractivity contribution < 1.29 is 4.74 Å². The summed E-state index contributed by atoms with van der Waals surface area (Å²) < 4.78 is 7.29. The van der Waals surface area contributed by atoms with Gasteiger partial charge >= 0.3 is 0 Å². The molecule has 6 nitrogen and oxygen atoms in total. The normalized spacial score (nSPS) is 15.3. The molecule has 3 rings (SSSR count). The van der Waals surface area contributed by atoms with Gasteiger partial charge in [0.1, 0.15) is 5.75 Å². The van der Waals surface area contributed by atoms with E-state index in [1.54, 1.807) is 7.11 Å². The van der Waals surface area contributed by atoms with Crippen molar-refractivity contribution in [1.29, 1.82) is 0 Å². The molecule has 1 heterocycles. The van der Waals surface area contributed by atoms with Gasteiger partial charge in [-0.3, -0.25) is 0 Å². The number of anilines is 1. The van der Waals surface area contributed by atoms with E-state index in [0.717, 1.165) is 11.3 Å². The molecule has 0 aliphatic heterocycles. The van der Waals surface area contributed by atoms with Gasteiger partial charge in [0.2, 0.25) is 0 Å². The zero-order valence-corrected chi connectivity index (χ0v) is 12.0. The summed E-state index contributed by atoms with van der Waals surface area (Å²) in [7, 11) is 1.63. The van der Waals surface area contributed by atoms with Crippen molar-refractivity contribution in [1.82, 2.24) is 20.2 Å². The largest absolute Gasteiger partial charge is 0.496 e. The third kappa shape index (κ3) is 2.01. The van der Waals surface area contributed by atoms with Crippen LogP contribution in [0.2, 0.25) is 0 Å². The maximum absolute atomic E-state index is 5.89. The summed E-state index contributed by atoms with van der Waals surface area (Å²) in [6.45, 7) is 4.34. The molecule has 2 N–H and O–H groups in total. The fourth-order valence-corrected chi connectivity index (χ4v) is 2.61. The quantitative estimate of drug-likeness (QED) is 0.863. The Morgan fingerprint density at radius 1 is 1.35 bits per heavy atom. The molecule has 1 saturated carbocycles. The highest BCUT2D eigenvalue weighted by atomic mass is 16.5. The van der Waals surface area contributed by atoms with Crippen LogP contribution in [0.25, 0.3) is 11.4 Å². The summed E-state index contributed by atoms with van der Waals surface area (Å²) in [5.74, 6) is 2.05. The van der Waals surface area contributed by atoms with Crippen LogP contribution in [-0.4, -0.2) is 27.3 Å². The van der Waals surface area contributed by atoms with Gasteiger partial charge in [0.15, 0.2) is 5.82 Å². The van der Waals surface area contributed by atoms with Gasteiger partial charge in [-0.25, -0.2) is 4.68 Å². The average molecular weight is 273 g/mol. The second-order valence-corrected chi connectivity index (χ2v) is 5.80. The van der Waals surface area contributed by atoms with Crippen molar-refractivity contribution in [3.05, 3.63) is 18.2 Å². The third-order valence-corrected chi connectivity index (χ3v) is 4.06. The highest BCUT2D eigenvalue weighted by Crippen LogP contribution is 2.45. The number of rotatable bonds is 4. The molecule has 1 aliphatic carbocycles. The first-order valence-electron chi connectivity index (χ1n) is 6.77. The first-order valence-corrected chi connectivity index (χ1v) is 6.77. The highest BCUT2D eigenvalue weighted by molar-refractivity contribution is 5.69. The van der Waals surface area contributed by atoms with Crippen LogP contribution in [0, 0.1) is 5.92 Å². The zero-order chi connectivity index (χ0) is 14.3. The molecule has 0 spiro atoms. The van der Waals surface area contributed by atoms with Crippen molar-refractivity contribution in [3.63, 3.8) is 0 Å². The number of nitrogens with two attached hydrogens (primary N) is 1. The standard InChI is InChI=1S/C14H19N5O/c1-14(2,9-4-5-9)19-13(16-17-18-19)11-8-10(15)6-7-12(11)20-3/h6-9H,4-5,15H2,1-3H3. The van der Waals surface area contributed by atoms with E-state index in [-0.39, 0.29) is 5.54 Å². The molecule has 0 radical (unpaired) electrons. The Bertz CT molecular complexity index is 630. The Morgan fingerprint density at radius 2 is 2.10 bits per heavy atom. The molecule has 20 heavy (non-hydrogen) atoms. The van der Waals surface area contributed by atoms with E-state index in [1.807, 2.05) is 22.9 Å². The summed E-state index contributed by atoms with van der Waals surface area (Å²) in [6.07, 6.45) is 2.45. The van der Waals surface area contributed by atoms with Gasteiger partial charge in [-0.2, -0.15) is 0 Å². The summed E-state index contributed by atoms with van der Waals surface area (Å²) in [6, 6.07) is 5.50. The summed E-state index contributed by atoms with van der Waals surface area (Å²) in [5, 5.41) is 12.2. The van der Waals surface area contributed by atoms with E-state index >= 15 is 0 Å². The molecule has 1 aromatic carbocycles. The number of methoxy groups -OCH3 is 1. The first-order chi connectivity index (χ1) is 9.54. The van der Waals surface area contributed by atoms with Gasteiger partial charge in [0, 0.05) is 5.69 Å². The summed E-state index contributed by atoms with van der Waals surface area (Å²) >= 11 is 0. The lowest BCUT2D eigenvalue weighted by atomic mass is 9.98. The SMILES string of the molecule is COc1ccc(N)cc1-c1nnnn1C(C)(C)C1CC1. The predicted molar refractivity (Wildman–Crippen MR) is 76.3 cm³/mol. The molecule has 6 heteroatoms. The second kappa shape index (κ2) is 4.47. The Hall–Kier alpha value is -2.11. The molecule has 0 unspecified atom stereocenters. The zero-order valence-electron chi connectivity index (χ0n) is 12.0. The van der Waals surface area contributed by atoms with Crippen LogP contribution in [0.3, 0.4) is 0 Å². The van der Waals surface area contributed by atoms with Gasteiger partial charge in [-0.05, 0) is 61.2 Å². The van der Waals surface area contributed by atoms with Gasteiger partial charge in [0.05, 0.1) is 18.2 Å². The number of nitrogens with zero attached hydrogens (tertiary/aromatic N) is 4. The Morgan fingerprint density at radius 3 is 2.75 bits per heavy atom. The molecule has 0 atom stereocenters. The minimum Gasteiger partial charge on any atom is -0.496 e. The van der Waals surface area contributed by atoms with Crippen LogP contribution in [0.15, 0.2) is 18.2 Å². The smallest absolute Gasteiger partial charge is 0.186 e. The van der Waals surface area contributed by atoms with Crippen molar-refractivity contribution in [2.75, 3.05) is 12.8 Å². The Labute approximate surface area is 117 Å². The Kier molecular flexibility index (Phi) is 2.88. The molecule has 1 fully saturated rings. The monoisotopic (exact) mass is 273 g/mol. The number of hydrogen-bond acceptors (Lipinski definition) is 5. The molecule has 0 saturated heterocycles. The minimum atomic E-state index is -0.103. The molecule has 0 amide bonds. The van der Waals surface area contributed by atoms with Gasteiger partial charge in [-0.1, -0.05) is 0 Å². The van der Waals surface area contributed by atoms with Gasteiger partial charge in [-0.15, -0.1) is 5.10 Å². The van der Waals surface area contributed by atoms with E-state index in [9.17, 15) is 0 Å². The van der Waals surface area contributed by atoms with Gasteiger partial charge in [0.25, 0.3) is 0 Å². The maximum atomic E-state index is 5.89. The van der Waals surface area contributed by atoms with E-state index < -0.39 is 0 Å². The molecule has 1 aromatic heterocycles. The van der Waals surface area contributed by atoms with E-state index in [4.69, 9.17) is 10.5 Å². The van der Waals surface area contributed by atoms with Crippen LogP contribution in [0.4, 0.5) is 5.69 Å². The third-order valence-electron chi connectivity index (χ3n) is 4.06. The van der Waals surface area contributed by atoms with E-state index in [2.05, 4.69) is 29.4 Å². The summed E-state index contributed by atoms with van der Waals surface area (Å²) in [4.78, 5) is 0. The lowest BCUT2D eigenvalue weighted by molar-refractivity contribution is 0.271. The highest BCUT2D eigenvalue weighted by Gasteiger charge is 2.41. The van der Waals surface area contributed by atoms with Crippen LogP contribution in [-0.2, 0) is 5.54 Å². The molecular weight excluding hydrogens is 254 g/mol. The fourth-order valence-electron chi connectivity index (χ4n) is 2.61. The average Bonchev–Trinajstić information content (AvgIpc) is 3.16. The molecule has 1 aliphatic rings. The molecule has 106 valence electrons. The minimum absolute atomic E-state index is 0.103. The number of benzene rings is 1. The maximum Gasteiger partial charge on any atom is 0.186 e. The Balaban J connectivity index is 2.12. The van der Waals surface area contributed by atoms with Gasteiger partial charge < -0.3 is 10.5 Å². The van der Waals surface area contributed by atoms with Crippen molar-refractivity contribution in [3.8, 4) is 17.1 Å². The fraction of sp³-hybridized carbons (Fsp3) is 0.500. The van der Waals surface area contributed by atoms with Crippen molar-refractivity contribution >= 4 is 5.69 Å². The number of hydrogen-bond donors (Lipinski definition) is 1. The second-order valence-electron chi connectivity index (χ2n) is 5.80. The number of aromatic nitrogens is 4. The molecule has 2 aromatic rings. The van der Waals surface area contributed by atoms with Crippen molar-refractivity contribution in [2.45, 2.75) is 32.2 Å². The van der Waals surface area contributed by atoms with Crippen molar-refractivity contribution in [2.24, 2.45) is 5.92 Å². The van der Waals surface area contributed by atoms with E-state index in [1.165, 1.54) is 12.8 Å². The lowest BCUT2D eigenvalue weighted by Gasteiger charge is -2.25. The van der Waals surface area contributed by atoms with E-state index in [0.29, 0.717) is 17.4 Å². The van der Waals surface area contributed by atoms with Crippen LogP contribution in [0.5, 0.6) is 5.75 Å². The first kappa shape index (κ1) is 12.9. The van der Waals surface area contributed by atoms with Crippen LogP contribution < -0.4 is 10.5 Å². The lowest BCUT2D eigenvalue weighted by Crippen LogP contribution is -2.30. The molecular formula is C14H19N5O. The predicted octanol–water partition coefficient (Wildman–Crippen LogP) is 2.08. The van der Waals surface area contributed by atoms with Crippen LogP contribution >= 0.6 is 0 Å². The number of tetrazole rings is 1. The number of ether oxygens (including phenoxy) is 1. The summed E-state index contributed by atoms with van der Waals surface area (Å²) in [5.41, 5.74) is 7.27.